The van der Waals surface area contributed by atoms with Gasteiger partial charge >= 0.3 is 0 Å². The van der Waals surface area contributed by atoms with Crippen LogP contribution in [0.3, 0.4) is 0 Å². The van der Waals surface area contributed by atoms with Gasteiger partial charge in [0.25, 0.3) is 0 Å². The monoisotopic (exact) mass is 310 g/mol. The third-order valence-electron chi connectivity index (χ3n) is 3.68. The molecule has 1 N–H and O–H groups in total. The molecule has 0 aromatic heterocycles. The molecular formula is C17H30N2OS. The minimum Gasteiger partial charge on any atom is -0.497 e. The van der Waals surface area contributed by atoms with Crippen LogP contribution in [0.1, 0.15) is 32.4 Å². The van der Waals surface area contributed by atoms with E-state index in [1.54, 1.807) is 7.11 Å². The van der Waals surface area contributed by atoms with Crippen LogP contribution in [-0.2, 0) is 0 Å². The highest BCUT2D eigenvalue weighted by molar-refractivity contribution is 7.99. The van der Waals surface area contributed by atoms with E-state index in [9.17, 15) is 0 Å². The summed E-state index contributed by atoms with van der Waals surface area (Å²) >= 11 is 2.02. The van der Waals surface area contributed by atoms with Gasteiger partial charge in [-0.1, -0.05) is 32.9 Å². The molecule has 0 bridgehead atoms. The third kappa shape index (κ3) is 6.72. The Morgan fingerprint density at radius 3 is 2.62 bits per heavy atom. The predicted molar refractivity (Wildman–Crippen MR) is 94.5 cm³/mol. The predicted octanol–water partition coefficient (Wildman–Crippen LogP) is 3.42. The summed E-state index contributed by atoms with van der Waals surface area (Å²) in [5, 5.41) is 3.58. The number of hydrogen-bond acceptors (Lipinski definition) is 4. The smallest absolute Gasteiger partial charge is 0.119 e. The van der Waals surface area contributed by atoms with Crippen molar-refractivity contribution in [2.45, 2.75) is 26.8 Å². The molecule has 0 aliphatic heterocycles. The SMILES string of the molecule is CCNC(CSCCN(CC)CC)c1cccc(OC)c1. The third-order valence-corrected chi connectivity index (χ3v) is 4.72. The van der Waals surface area contributed by atoms with E-state index in [0.717, 1.165) is 31.1 Å². The van der Waals surface area contributed by atoms with Crippen molar-refractivity contribution in [2.24, 2.45) is 0 Å². The van der Waals surface area contributed by atoms with Crippen molar-refractivity contribution in [1.29, 1.82) is 0 Å². The molecule has 1 aromatic carbocycles. The Morgan fingerprint density at radius 2 is 2.00 bits per heavy atom. The van der Waals surface area contributed by atoms with Gasteiger partial charge in [0.05, 0.1) is 7.11 Å². The maximum absolute atomic E-state index is 5.33. The molecule has 1 rings (SSSR count). The minimum atomic E-state index is 0.395. The van der Waals surface area contributed by atoms with Gasteiger partial charge in [0, 0.05) is 24.1 Å². The molecule has 0 aliphatic carbocycles. The Hall–Kier alpha value is -0.710. The van der Waals surface area contributed by atoms with Gasteiger partial charge < -0.3 is 15.0 Å². The highest BCUT2D eigenvalue weighted by atomic mass is 32.2. The number of hydrogen-bond donors (Lipinski definition) is 1. The summed E-state index contributed by atoms with van der Waals surface area (Å²) in [6.07, 6.45) is 0. The van der Waals surface area contributed by atoms with Crippen LogP contribution in [0.25, 0.3) is 0 Å². The van der Waals surface area contributed by atoms with Crippen LogP contribution in [0.4, 0.5) is 0 Å². The van der Waals surface area contributed by atoms with Crippen LogP contribution >= 0.6 is 11.8 Å². The Balaban J connectivity index is 2.49. The van der Waals surface area contributed by atoms with Crippen LogP contribution in [0.15, 0.2) is 24.3 Å². The lowest BCUT2D eigenvalue weighted by atomic mass is 10.1. The first-order chi connectivity index (χ1) is 10.2. The second-order valence-corrected chi connectivity index (χ2v) is 6.14. The summed E-state index contributed by atoms with van der Waals surface area (Å²) < 4.78 is 5.33. The Labute approximate surface area is 134 Å². The van der Waals surface area contributed by atoms with Crippen molar-refractivity contribution < 1.29 is 4.74 Å². The van der Waals surface area contributed by atoms with E-state index >= 15 is 0 Å². The highest BCUT2D eigenvalue weighted by Gasteiger charge is 2.11. The topological polar surface area (TPSA) is 24.5 Å². The fourth-order valence-corrected chi connectivity index (χ4v) is 3.41. The number of rotatable bonds is 11. The molecule has 1 aromatic rings. The quantitative estimate of drug-likeness (QED) is 0.633. The van der Waals surface area contributed by atoms with Crippen LogP contribution in [0, 0.1) is 0 Å². The molecule has 21 heavy (non-hydrogen) atoms. The minimum absolute atomic E-state index is 0.395. The van der Waals surface area contributed by atoms with E-state index in [4.69, 9.17) is 4.74 Å². The standard InChI is InChI=1S/C17H30N2OS/c1-5-18-17(14-21-12-11-19(6-2)7-3)15-9-8-10-16(13-15)20-4/h8-10,13,17-18H,5-7,11-12,14H2,1-4H3. The Bertz CT molecular complexity index is 383. The molecular weight excluding hydrogens is 280 g/mol. The van der Waals surface area contributed by atoms with E-state index in [0.29, 0.717) is 6.04 Å². The second kappa shape index (κ2) is 10.9. The van der Waals surface area contributed by atoms with Crippen molar-refractivity contribution in [1.82, 2.24) is 10.2 Å². The molecule has 0 heterocycles. The summed E-state index contributed by atoms with van der Waals surface area (Å²) in [6, 6.07) is 8.78. The molecule has 1 atom stereocenters. The summed E-state index contributed by atoms with van der Waals surface area (Å²) in [7, 11) is 1.72. The fraction of sp³-hybridized carbons (Fsp3) is 0.647. The van der Waals surface area contributed by atoms with Gasteiger partial charge in [-0.2, -0.15) is 11.8 Å². The average Bonchev–Trinajstić information content (AvgIpc) is 2.54. The van der Waals surface area contributed by atoms with Gasteiger partial charge in [0.15, 0.2) is 0 Å². The van der Waals surface area contributed by atoms with Crippen molar-refractivity contribution >= 4 is 11.8 Å². The molecule has 0 saturated carbocycles. The van der Waals surface area contributed by atoms with Gasteiger partial charge in [0.2, 0.25) is 0 Å². The molecule has 4 heteroatoms. The van der Waals surface area contributed by atoms with Gasteiger partial charge in [-0.3, -0.25) is 0 Å². The molecule has 0 saturated heterocycles. The van der Waals surface area contributed by atoms with Crippen LogP contribution < -0.4 is 10.1 Å². The van der Waals surface area contributed by atoms with Crippen molar-refractivity contribution in [2.75, 3.05) is 44.8 Å². The first kappa shape index (κ1) is 18.3. The summed E-state index contributed by atoms with van der Waals surface area (Å²) in [4.78, 5) is 2.47. The average molecular weight is 311 g/mol. The fourth-order valence-electron chi connectivity index (χ4n) is 2.31. The van der Waals surface area contributed by atoms with E-state index in [2.05, 4.69) is 49.2 Å². The van der Waals surface area contributed by atoms with Crippen LogP contribution in [0.2, 0.25) is 0 Å². The van der Waals surface area contributed by atoms with Crippen LogP contribution in [0.5, 0.6) is 5.75 Å². The molecule has 0 spiro atoms. The number of ether oxygens (including phenoxy) is 1. The number of benzene rings is 1. The number of nitrogens with zero attached hydrogens (tertiary/aromatic N) is 1. The van der Waals surface area contributed by atoms with Gasteiger partial charge in [-0.05, 0) is 37.3 Å². The summed E-state index contributed by atoms with van der Waals surface area (Å²) in [5.74, 6) is 3.22. The lowest BCUT2D eigenvalue weighted by molar-refractivity contribution is 0.324. The van der Waals surface area contributed by atoms with E-state index in [-0.39, 0.29) is 0 Å². The molecule has 0 radical (unpaired) electrons. The highest BCUT2D eigenvalue weighted by Crippen LogP contribution is 2.22. The van der Waals surface area contributed by atoms with Gasteiger partial charge in [0.1, 0.15) is 5.75 Å². The zero-order valence-corrected chi connectivity index (χ0v) is 14.7. The van der Waals surface area contributed by atoms with E-state index < -0.39 is 0 Å². The zero-order valence-electron chi connectivity index (χ0n) is 13.9. The maximum atomic E-state index is 5.33. The first-order valence-electron chi connectivity index (χ1n) is 7.92. The molecule has 120 valence electrons. The molecule has 0 amide bonds. The van der Waals surface area contributed by atoms with Crippen molar-refractivity contribution in [3.05, 3.63) is 29.8 Å². The summed E-state index contributed by atoms with van der Waals surface area (Å²) in [5.41, 5.74) is 1.31. The number of thioether (sulfide) groups is 1. The lowest BCUT2D eigenvalue weighted by Crippen LogP contribution is -2.27. The lowest BCUT2D eigenvalue weighted by Gasteiger charge is -2.21. The molecule has 1 unspecified atom stereocenters. The van der Waals surface area contributed by atoms with Crippen molar-refractivity contribution in [3.63, 3.8) is 0 Å². The summed E-state index contributed by atoms with van der Waals surface area (Å²) in [6.45, 7) is 11.1. The molecule has 3 nitrogen and oxygen atoms in total. The number of nitrogens with one attached hydrogen (secondary N) is 1. The maximum Gasteiger partial charge on any atom is 0.119 e. The van der Waals surface area contributed by atoms with Crippen molar-refractivity contribution in [3.8, 4) is 5.75 Å². The normalized spacial score (nSPS) is 12.6. The Morgan fingerprint density at radius 1 is 1.24 bits per heavy atom. The second-order valence-electron chi connectivity index (χ2n) is 4.99. The zero-order chi connectivity index (χ0) is 15.5. The largest absolute Gasteiger partial charge is 0.497 e. The molecule has 0 fully saturated rings. The Kier molecular flexibility index (Phi) is 9.55. The number of methoxy groups -OCH3 is 1. The van der Waals surface area contributed by atoms with E-state index in [1.807, 2.05) is 17.8 Å². The first-order valence-corrected chi connectivity index (χ1v) is 9.07. The van der Waals surface area contributed by atoms with Crippen LogP contribution in [-0.4, -0.2) is 49.7 Å². The van der Waals surface area contributed by atoms with Gasteiger partial charge in [-0.15, -0.1) is 0 Å². The van der Waals surface area contributed by atoms with E-state index in [1.165, 1.54) is 17.9 Å². The molecule has 0 aliphatic rings. The van der Waals surface area contributed by atoms with Gasteiger partial charge in [-0.25, -0.2) is 0 Å².